The van der Waals surface area contributed by atoms with Crippen molar-refractivity contribution in [2.24, 2.45) is 4.99 Å². The van der Waals surface area contributed by atoms with Crippen molar-refractivity contribution in [3.05, 3.63) is 72.3 Å². The van der Waals surface area contributed by atoms with E-state index in [1.165, 1.54) is 0 Å². The highest BCUT2D eigenvalue weighted by molar-refractivity contribution is 6.31. The summed E-state index contributed by atoms with van der Waals surface area (Å²) < 4.78 is 0. The number of aliphatic carboxylic acids is 2. The van der Waals surface area contributed by atoms with Gasteiger partial charge in [-0.3, -0.25) is 19.2 Å². The SMILES string of the molecule is CCC1=C(C)C2=Cc3[nH]c(/C=c4\[nH]/c5c(c4CCC(=O)O)CCCC4=C(CC)C(=O)N=C4\C=5)c(CCC(=O)O)c3CCN2C1=O. The minimum Gasteiger partial charge on any atom is -0.481 e. The third kappa shape index (κ3) is 5.43. The molecule has 5 heterocycles. The van der Waals surface area contributed by atoms with E-state index in [1.54, 1.807) is 0 Å². The Morgan fingerprint density at radius 1 is 0.933 bits per heavy atom. The summed E-state index contributed by atoms with van der Waals surface area (Å²) in [5.74, 6) is -1.94. The minimum absolute atomic E-state index is 0.0334. The van der Waals surface area contributed by atoms with E-state index in [2.05, 4.69) is 15.0 Å². The van der Waals surface area contributed by atoms with Crippen LogP contribution in [0.15, 0.2) is 33.0 Å². The Morgan fingerprint density at radius 2 is 1.64 bits per heavy atom. The summed E-state index contributed by atoms with van der Waals surface area (Å²) in [4.78, 5) is 62.2. The van der Waals surface area contributed by atoms with Gasteiger partial charge in [0.15, 0.2) is 0 Å². The van der Waals surface area contributed by atoms with Crippen LogP contribution in [0.5, 0.6) is 0 Å². The number of H-pyrrole nitrogens is 2. The van der Waals surface area contributed by atoms with Crippen LogP contribution in [0.3, 0.4) is 0 Å². The Kier molecular flexibility index (Phi) is 8.07. The van der Waals surface area contributed by atoms with E-state index >= 15 is 0 Å². The molecule has 234 valence electrons. The van der Waals surface area contributed by atoms with Gasteiger partial charge in [0, 0.05) is 58.3 Å². The van der Waals surface area contributed by atoms with Gasteiger partial charge in [-0.25, -0.2) is 4.99 Å². The first-order valence-corrected chi connectivity index (χ1v) is 15.8. The van der Waals surface area contributed by atoms with E-state index in [0.29, 0.717) is 44.4 Å². The predicted molar refractivity (Wildman–Crippen MR) is 170 cm³/mol. The van der Waals surface area contributed by atoms with Crippen LogP contribution in [0.25, 0.3) is 18.2 Å². The third-order valence-corrected chi connectivity index (χ3v) is 9.53. The Bertz CT molecular complexity index is 1910. The van der Waals surface area contributed by atoms with Crippen molar-refractivity contribution in [1.29, 1.82) is 0 Å². The van der Waals surface area contributed by atoms with Crippen LogP contribution >= 0.6 is 0 Å². The summed E-state index contributed by atoms with van der Waals surface area (Å²) in [6, 6.07) is 0. The summed E-state index contributed by atoms with van der Waals surface area (Å²) in [5.41, 5.74) is 10.5. The Labute approximate surface area is 260 Å². The van der Waals surface area contributed by atoms with E-state index in [0.717, 1.165) is 91.6 Å². The van der Waals surface area contributed by atoms with Crippen molar-refractivity contribution in [2.45, 2.75) is 85.0 Å². The molecule has 2 aromatic heterocycles. The lowest BCUT2D eigenvalue weighted by molar-refractivity contribution is -0.138. The van der Waals surface area contributed by atoms with Crippen LogP contribution in [-0.2, 0) is 44.9 Å². The number of hydrogen-bond acceptors (Lipinski definition) is 4. The number of fused-ring (bicyclic) bond motifs is 4. The number of nitrogens with one attached hydrogen (secondary N) is 2. The number of carboxylic acid groups (broad SMARTS) is 2. The molecule has 1 aliphatic carbocycles. The number of nitrogens with zero attached hydrogens (tertiary/aromatic N) is 2. The number of carboxylic acids is 2. The maximum atomic E-state index is 13.1. The summed E-state index contributed by atoms with van der Waals surface area (Å²) >= 11 is 0. The number of hydrogen-bond donors (Lipinski definition) is 4. The highest BCUT2D eigenvalue weighted by atomic mass is 16.4. The molecule has 10 nitrogen and oxygen atoms in total. The highest BCUT2D eigenvalue weighted by Crippen LogP contribution is 2.37. The highest BCUT2D eigenvalue weighted by Gasteiger charge is 2.34. The molecule has 0 bridgehead atoms. The van der Waals surface area contributed by atoms with Gasteiger partial charge in [0.25, 0.3) is 11.8 Å². The van der Waals surface area contributed by atoms with E-state index < -0.39 is 11.9 Å². The topological polar surface area (TPSA) is 156 Å². The van der Waals surface area contributed by atoms with Crippen LogP contribution in [0.2, 0.25) is 0 Å². The lowest BCUT2D eigenvalue weighted by Crippen LogP contribution is -2.27. The van der Waals surface area contributed by atoms with E-state index in [9.17, 15) is 29.4 Å². The van der Waals surface area contributed by atoms with Gasteiger partial charge in [0.1, 0.15) is 0 Å². The van der Waals surface area contributed by atoms with Crippen molar-refractivity contribution in [3.63, 3.8) is 0 Å². The zero-order valence-electron chi connectivity index (χ0n) is 25.9. The van der Waals surface area contributed by atoms with Crippen LogP contribution in [0.4, 0.5) is 0 Å². The van der Waals surface area contributed by atoms with Crippen molar-refractivity contribution in [2.75, 3.05) is 6.54 Å². The van der Waals surface area contributed by atoms with Gasteiger partial charge in [0.2, 0.25) is 0 Å². The average Bonchev–Trinajstić information content (AvgIpc) is 3.59. The summed E-state index contributed by atoms with van der Waals surface area (Å²) in [7, 11) is 0. The second kappa shape index (κ2) is 12.0. The Morgan fingerprint density at radius 3 is 2.33 bits per heavy atom. The zero-order valence-corrected chi connectivity index (χ0v) is 25.9. The molecule has 0 spiro atoms. The molecule has 0 saturated carbocycles. The van der Waals surface area contributed by atoms with Gasteiger partial charge in [-0.05, 0) is 110 Å². The second-order valence-electron chi connectivity index (χ2n) is 12.1. The maximum Gasteiger partial charge on any atom is 0.303 e. The zero-order chi connectivity index (χ0) is 32.0. The standard InChI is InChI=1S/C35H38N4O6/c1-4-19-18(3)31-17-30-25(13-14-39(31)35(19)45)24(10-12-33(42)43)28(37-30)15-27-23(9-11-32(40)41)22-8-6-7-21-20(5-2)34(44)38-29(21)16-26(22)36-27/h15-17,36-37H,4-14H2,1-3H3,(H,40,41)(H,42,43)/b26-16+,27-15-. The van der Waals surface area contributed by atoms with Crippen LogP contribution in [-0.4, -0.2) is 61.1 Å². The fraction of sp³-hybridized carbons (Fsp3) is 0.400. The minimum atomic E-state index is -0.896. The summed E-state index contributed by atoms with van der Waals surface area (Å²) in [6.45, 7) is 6.42. The van der Waals surface area contributed by atoms with E-state index in [1.807, 2.05) is 43.9 Å². The average molecular weight is 611 g/mol. The summed E-state index contributed by atoms with van der Waals surface area (Å²) in [5, 5.41) is 20.7. The first-order chi connectivity index (χ1) is 21.6. The molecule has 0 fully saturated rings. The molecule has 3 aliphatic heterocycles. The number of aromatic nitrogens is 2. The first-order valence-electron chi connectivity index (χ1n) is 15.8. The molecule has 0 radical (unpaired) electrons. The molecule has 45 heavy (non-hydrogen) atoms. The lowest BCUT2D eigenvalue weighted by Gasteiger charge is -2.17. The molecule has 0 saturated heterocycles. The molecule has 0 unspecified atom stereocenters. The number of aromatic amines is 2. The van der Waals surface area contributed by atoms with Crippen molar-refractivity contribution in [3.8, 4) is 0 Å². The number of amides is 2. The summed E-state index contributed by atoms with van der Waals surface area (Å²) in [6.07, 6.45) is 10.6. The number of carbonyl (C=O) groups excluding carboxylic acids is 2. The smallest absolute Gasteiger partial charge is 0.303 e. The molecule has 2 amide bonds. The van der Waals surface area contributed by atoms with Gasteiger partial charge >= 0.3 is 11.9 Å². The van der Waals surface area contributed by atoms with E-state index in [-0.39, 0.29) is 24.7 Å². The van der Waals surface area contributed by atoms with Crippen molar-refractivity contribution in [1.82, 2.24) is 14.9 Å². The Balaban J connectivity index is 1.53. The van der Waals surface area contributed by atoms with Gasteiger partial charge < -0.3 is 25.1 Å². The molecule has 4 aliphatic rings. The van der Waals surface area contributed by atoms with Gasteiger partial charge in [-0.15, -0.1) is 0 Å². The monoisotopic (exact) mass is 610 g/mol. The van der Waals surface area contributed by atoms with Crippen LogP contribution in [0.1, 0.15) is 92.9 Å². The van der Waals surface area contributed by atoms with Crippen LogP contribution < -0.4 is 10.7 Å². The van der Waals surface area contributed by atoms with Gasteiger partial charge in [0.05, 0.1) is 5.71 Å². The Hall–Kier alpha value is -4.73. The molecule has 0 aromatic carbocycles. The second-order valence-corrected chi connectivity index (χ2v) is 12.1. The number of rotatable bonds is 9. The van der Waals surface area contributed by atoms with Gasteiger partial charge in [-0.2, -0.15) is 0 Å². The third-order valence-electron chi connectivity index (χ3n) is 9.53. The number of allylic oxidation sites excluding steroid dienone is 2. The molecule has 6 rings (SSSR count). The largest absolute Gasteiger partial charge is 0.481 e. The lowest BCUT2D eigenvalue weighted by atomic mass is 9.92. The van der Waals surface area contributed by atoms with Crippen LogP contribution in [0, 0.1) is 0 Å². The molecule has 10 heteroatoms. The fourth-order valence-electron chi connectivity index (χ4n) is 7.33. The van der Waals surface area contributed by atoms with Crippen molar-refractivity contribution >= 4 is 47.7 Å². The molecular formula is C35H38N4O6. The van der Waals surface area contributed by atoms with Crippen molar-refractivity contribution < 1.29 is 29.4 Å². The molecule has 0 atom stereocenters. The fourth-order valence-corrected chi connectivity index (χ4v) is 7.33. The predicted octanol–water partition coefficient (Wildman–Crippen LogP) is 3.48. The maximum absolute atomic E-state index is 13.1. The van der Waals surface area contributed by atoms with Gasteiger partial charge in [-0.1, -0.05) is 13.8 Å². The number of carbonyl (C=O) groups is 4. The van der Waals surface area contributed by atoms with E-state index in [4.69, 9.17) is 0 Å². The normalized spacial score (nSPS) is 18.9. The molecular weight excluding hydrogens is 572 g/mol. The quantitative estimate of drug-likeness (QED) is 0.341. The number of aliphatic imine (C=N–C) groups is 1. The first kappa shape index (κ1) is 30.3. The molecule has 4 N–H and O–H groups in total. The molecule has 2 aromatic rings.